The van der Waals surface area contributed by atoms with E-state index < -0.39 is 0 Å². The highest BCUT2D eigenvalue weighted by Gasteiger charge is 2.06. The molecule has 0 heterocycles. The van der Waals surface area contributed by atoms with Gasteiger partial charge in [-0.1, -0.05) is 48.4 Å². The molecule has 0 aliphatic carbocycles. The van der Waals surface area contributed by atoms with E-state index in [1.807, 2.05) is 54.6 Å². The van der Waals surface area contributed by atoms with E-state index in [0.29, 0.717) is 17.7 Å². The molecule has 1 nitrogen and oxygen atoms in total. The summed E-state index contributed by atoms with van der Waals surface area (Å²) in [5.41, 5.74) is 3.02. The Morgan fingerprint density at radius 1 is 0.913 bits per heavy atom. The third-order valence-corrected chi connectivity index (χ3v) is 3.55. The van der Waals surface area contributed by atoms with Crippen LogP contribution in [0.1, 0.15) is 11.1 Å². The van der Waals surface area contributed by atoms with Crippen molar-refractivity contribution in [2.75, 3.05) is 0 Å². The van der Waals surface area contributed by atoms with E-state index in [1.165, 1.54) is 6.07 Å². The molecule has 0 aliphatic heterocycles. The predicted molar refractivity (Wildman–Crippen MR) is 90.5 cm³/mol. The highest BCUT2D eigenvalue weighted by molar-refractivity contribution is 5.66. The number of halogens is 1. The van der Waals surface area contributed by atoms with E-state index in [9.17, 15) is 4.39 Å². The van der Waals surface area contributed by atoms with Crippen molar-refractivity contribution >= 4 is 0 Å². The largest absolute Gasteiger partial charge is 0.489 e. The third kappa shape index (κ3) is 3.59. The topological polar surface area (TPSA) is 9.23 Å². The zero-order valence-corrected chi connectivity index (χ0v) is 12.5. The van der Waals surface area contributed by atoms with Crippen LogP contribution in [0.5, 0.6) is 5.75 Å². The minimum absolute atomic E-state index is 0.290. The molecule has 0 fully saturated rings. The molecule has 0 radical (unpaired) electrons. The van der Waals surface area contributed by atoms with Crippen LogP contribution in [-0.4, -0.2) is 0 Å². The quantitative estimate of drug-likeness (QED) is 0.613. The first-order valence-electron chi connectivity index (χ1n) is 7.29. The average molecular weight is 302 g/mol. The predicted octanol–water partition coefficient (Wildman–Crippen LogP) is 5.05. The summed E-state index contributed by atoms with van der Waals surface area (Å²) < 4.78 is 19.7. The van der Waals surface area contributed by atoms with Gasteiger partial charge in [-0.05, 0) is 41.5 Å². The van der Waals surface area contributed by atoms with E-state index in [4.69, 9.17) is 11.2 Å². The first-order valence-corrected chi connectivity index (χ1v) is 7.29. The number of rotatable bonds is 4. The van der Waals surface area contributed by atoms with Crippen molar-refractivity contribution in [1.29, 1.82) is 0 Å². The first kappa shape index (κ1) is 14.9. The third-order valence-electron chi connectivity index (χ3n) is 3.55. The number of terminal acetylenes is 1. The summed E-state index contributed by atoms with van der Waals surface area (Å²) in [6.45, 7) is 0.501. The van der Waals surface area contributed by atoms with Gasteiger partial charge in [0.05, 0.1) is 0 Å². The van der Waals surface area contributed by atoms with Gasteiger partial charge >= 0.3 is 0 Å². The molecular formula is C21H15FO. The van der Waals surface area contributed by atoms with Gasteiger partial charge in [0.1, 0.15) is 18.2 Å². The number of hydrogen-bond donors (Lipinski definition) is 0. The van der Waals surface area contributed by atoms with E-state index >= 15 is 0 Å². The van der Waals surface area contributed by atoms with Gasteiger partial charge in [-0.25, -0.2) is 4.39 Å². The standard InChI is InChI=1S/C21H15FO/c1-2-16-8-13-21(22)20(14-16)18-9-11-19(12-10-18)23-15-17-6-4-3-5-7-17/h1,3-14H,15H2. The van der Waals surface area contributed by atoms with Gasteiger partial charge < -0.3 is 4.74 Å². The van der Waals surface area contributed by atoms with Crippen molar-refractivity contribution in [1.82, 2.24) is 0 Å². The SMILES string of the molecule is C#Cc1ccc(F)c(-c2ccc(OCc3ccccc3)cc2)c1. The van der Waals surface area contributed by atoms with Crippen LogP contribution in [0.25, 0.3) is 11.1 Å². The summed E-state index contributed by atoms with van der Waals surface area (Å²) in [5, 5.41) is 0. The summed E-state index contributed by atoms with van der Waals surface area (Å²) in [6.07, 6.45) is 5.37. The van der Waals surface area contributed by atoms with Crippen LogP contribution in [0.3, 0.4) is 0 Å². The Labute approximate surface area is 135 Å². The van der Waals surface area contributed by atoms with Crippen molar-refractivity contribution in [3.63, 3.8) is 0 Å². The molecule has 0 atom stereocenters. The average Bonchev–Trinajstić information content (AvgIpc) is 2.62. The summed E-state index contributed by atoms with van der Waals surface area (Å²) in [4.78, 5) is 0. The first-order chi connectivity index (χ1) is 11.3. The maximum Gasteiger partial charge on any atom is 0.131 e. The van der Waals surface area contributed by atoms with Crippen LogP contribution < -0.4 is 4.74 Å². The molecule has 23 heavy (non-hydrogen) atoms. The Morgan fingerprint density at radius 2 is 1.65 bits per heavy atom. The highest BCUT2D eigenvalue weighted by atomic mass is 19.1. The van der Waals surface area contributed by atoms with Gasteiger partial charge in [0.25, 0.3) is 0 Å². The minimum Gasteiger partial charge on any atom is -0.489 e. The Morgan fingerprint density at radius 3 is 2.35 bits per heavy atom. The smallest absolute Gasteiger partial charge is 0.131 e. The number of benzene rings is 3. The molecule has 0 spiro atoms. The van der Waals surface area contributed by atoms with Crippen LogP contribution in [0.15, 0.2) is 72.8 Å². The fraction of sp³-hybridized carbons (Fsp3) is 0.0476. The molecule has 0 amide bonds. The summed E-state index contributed by atoms with van der Waals surface area (Å²) in [7, 11) is 0. The molecule has 0 aromatic heterocycles. The summed E-state index contributed by atoms with van der Waals surface area (Å²) in [5.74, 6) is 2.97. The fourth-order valence-electron chi connectivity index (χ4n) is 2.31. The van der Waals surface area contributed by atoms with Gasteiger partial charge in [0.15, 0.2) is 0 Å². The lowest BCUT2D eigenvalue weighted by Crippen LogP contribution is -1.95. The lowest BCUT2D eigenvalue weighted by molar-refractivity contribution is 0.306. The second-order valence-electron chi connectivity index (χ2n) is 5.14. The number of hydrogen-bond acceptors (Lipinski definition) is 1. The van der Waals surface area contributed by atoms with E-state index in [0.717, 1.165) is 16.9 Å². The van der Waals surface area contributed by atoms with Crippen molar-refractivity contribution in [3.05, 3.63) is 89.7 Å². The molecule has 0 bridgehead atoms. The lowest BCUT2D eigenvalue weighted by atomic mass is 10.0. The zero-order chi connectivity index (χ0) is 16.1. The fourth-order valence-corrected chi connectivity index (χ4v) is 2.31. The molecule has 3 aromatic carbocycles. The van der Waals surface area contributed by atoms with Crippen LogP contribution in [0.4, 0.5) is 4.39 Å². The normalized spacial score (nSPS) is 10.1. The Kier molecular flexibility index (Phi) is 4.40. The maximum atomic E-state index is 14.0. The van der Waals surface area contributed by atoms with Crippen LogP contribution >= 0.6 is 0 Å². The minimum atomic E-state index is -0.290. The molecular weight excluding hydrogens is 287 g/mol. The second-order valence-corrected chi connectivity index (χ2v) is 5.14. The summed E-state index contributed by atoms with van der Waals surface area (Å²) >= 11 is 0. The second kappa shape index (κ2) is 6.81. The maximum absolute atomic E-state index is 14.0. The Balaban J connectivity index is 1.76. The Bertz CT molecular complexity index is 830. The number of ether oxygens (including phenoxy) is 1. The molecule has 0 unspecified atom stereocenters. The monoisotopic (exact) mass is 302 g/mol. The molecule has 0 N–H and O–H groups in total. The van der Waals surface area contributed by atoms with E-state index in [2.05, 4.69) is 5.92 Å². The Hall–Kier alpha value is -3.05. The molecule has 3 rings (SSSR count). The van der Waals surface area contributed by atoms with Crippen molar-refractivity contribution in [2.45, 2.75) is 6.61 Å². The van der Waals surface area contributed by atoms with Crippen molar-refractivity contribution < 1.29 is 9.13 Å². The van der Waals surface area contributed by atoms with Gasteiger partial charge in [-0.3, -0.25) is 0 Å². The van der Waals surface area contributed by atoms with Gasteiger partial charge in [0, 0.05) is 11.1 Å². The molecule has 2 heteroatoms. The highest BCUT2D eigenvalue weighted by Crippen LogP contribution is 2.26. The van der Waals surface area contributed by atoms with Crippen LogP contribution in [0, 0.1) is 18.2 Å². The van der Waals surface area contributed by atoms with Crippen LogP contribution in [-0.2, 0) is 6.61 Å². The van der Waals surface area contributed by atoms with Crippen molar-refractivity contribution in [2.24, 2.45) is 0 Å². The van der Waals surface area contributed by atoms with Crippen LogP contribution in [0.2, 0.25) is 0 Å². The van der Waals surface area contributed by atoms with E-state index in [1.54, 1.807) is 12.1 Å². The summed E-state index contributed by atoms with van der Waals surface area (Å²) in [6, 6.07) is 21.9. The van der Waals surface area contributed by atoms with E-state index in [-0.39, 0.29) is 5.82 Å². The van der Waals surface area contributed by atoms with Crippen molar-refractivity contribution in [3.8, 4) is 29.2 Å². The zero-order valence-electron chi connectivity index (χ0n) is 12.5. The lowest BCUT2D eigenvalue weighted by Gasteiger charge is -2.08. The van der Waals surface area contributed by atoms with Gasteiger partial charge in [0.2, 0.25) is 0 Å². The van der Waals surface area contributed by atoms with Gasteiger partial charge in [-0.2, -0.15) is 0 Å². The molecule has 0 saturated carbocycles. The molecule has 0 saturated heterocycles. The van der Waals surface area contributed by atoms with Gasteiger partial charge in [-0.15, -0.1) is 6.42 Å². The molecule has 112 valence electrons. The molecule has 3 aromatic rings. The molecule has 0 aliphatic rings.